The van der Waals surface area contributed by atoms with Crippen LogP contribution in [0.15, 0.2) is 36.8 Å². The van der Waals surface area contributed by atoms with Crippen molar-refractivity contribution in [1.29, 1.82) is 0 Å². The number of pyridine rings is 1. The molecule has 1 amide bonds. The van der Waals surface area contributed by atoms with E-state index in [1.54, 1.807) is 18.6 Å². The molecule has 1 aliphatic rings. The smallest absolute Gasteiger partial charge is 0.254 e. The lowest BCUT2D eigenvalue weighted by atomic mass is 10.2. The highest BCUT2D eigenvalue weighted by molar-refractivity contribution is 5.94. The third-order valence-corrected chi connectivity index (χ3v) is 4.46. The first-order chi connectivity index (χ1) is 11.7. The number of aromatic nitrogens is 3. The highest BCUT2D eigenvalue weighted by Gasteiger charge is 2.45. The maximum atomic E-state index is 12.5. The van der Waals surface area contributed by atoms with Crippen LogP contribution in [0.1, 0.15) is 37.0 Å². The zero-order valence-electron chi connectivity index (χ0n) is 14.2. The lowest BCUT2D eigenvalue weighted by molar-refractivity contribution is 0.0917. The molecule has 126 valence electrons. The molecule has 1 aliphatic carbocycles. The van der Waals surface area contributed by atoms with Gasteiger partial charge in [-0.2, -0.15) is 0 Å². The van der Waals surface area contributed by atoms with Gasteiger partial charge in [0.2, 0.25) is 0 Å². The Labute approximate surface area is 142 Å². The van der Waals surface area contributed by atoms with Gasteiger partial charge < -0.3 is 10.2 Å². The summed E-state index contributed by atoms with van der Waals surface area (Å²) in [5.74, 6) is 0.420. The van der Waals surface area contributed by atoms with Crippen molar-refractivity contribution >= 4 is 5.91 Å². The number of hydrogen-bond donors (Lipinski definition) is 1. The normalized spacial score (nSPS) is 15.3. The Hall–Kier alpha value is -2.34. The van der Waals surface area contributed by atoms with Crippen LogP contribution in [0.2, 0.25) is 0 Å². The van der Waals surface area contributed by atoms with E-state index >= 15 is 0 Å². The molecule has 0 aromatic carbocycles. The minimum absolute atomic E-state index is 0.0806. The number of likely N-dealkylation sites (N-methyl/N-ethyl adjacent to an activating group) is 1. The molecule has 1 fully saturated rings. The summed E-state index contributed by atoms with van der Waals surface area (Å²) >= 11 is 0. The Morgan fingerprint density at radius 3 is 2.42 bits per heavy atom. The molecule has 24 heavy (non-hydrogen) atoms. The zero-order valence-corrected chi connectivity index (χ0v) is 14.2. The summed E-state index contributed by atoms with van der Waals surface area (Å²) in [5, 5.41) is 3.17. The topological polar surface area (TPSA) is 71.0 Å². The molecule has 2 heterocycles. The fourth-order valence-corrected chi connectivity index (χ4v) is 2.73. The molecular weight excluding hydrogens is 302 g/mol. The van der Waals surface area contributed by atoms with Crippen molar-refractivity contribution in [1.82, 2.24) is 25.2 Å². The summed E-state index contributed by atoms with van der Waals surface area (Å²) in [5.41, 5.74) is 1.10. The lowest BCUT2D eigenvalue weighted by Crippen LogP contribution is -2.45. The Morgan fingerprint density at radius 2 is 1.88 bits per heavy atom. The Bertz CT molecular complexity index is 678. The van der Waals surface area contributed by atoms with E-state index < -0.39 is 0 Å². The van der Waals surface area contributed by atoms with Crippen molar-refractivity contribution in [3.8, 4) is 11.5 Å². The van der Waals surface area contributed by atoms with Crippen molar-refractivity contribution in [2.45, 2.75) is 32.2 Å². The van der Waals surface area contributed by atoms with Gasteiger partial charge in [0.05, 0.1) is 11.1 Å². The molecule has 0 atom stereocenters. The minimum atomic E-state index is -0.104. The summed E-state index contributed by atoms with van der Waals surface area (Å²) in [6, 6.07) is 5.57. The van der Waals surface area contributed by atoms with Crippen molar-refractivity contribution < 1.29 is 4.79 Å². The van der Waals surface area contributed by atoms with E-state index in [2.05, 4.69) is 39.0 Å². The van der Waals surface area contributed by atoms with E-state index in [0.29, 0.717) is 17.1 Å². The number of nitrogens with one attached hydrogen (secondary N) is 1. The van der Waals surface area contributed by atoms with Gasteiger partial charge in [-0.3, -0.25) is 9.78 Å². The SMILES string of the molecule is CCN(CC)CC1(NC(=O)c2cnc(-c3ccccn3)nc2)CC1. The lowest BCUT2D eigenvalue weighted by Gasteiger charge is -2.25. The minimum Gasteiger partial charge on any atom is -0.345 e. The van der Waals surface area contributed by atoms with Crippen molar-refractivity contribution in [2.75, 3.05) is 19.6 Å². The van der Waals surface area contributed by atoms with Gasteiger partial charge in [0.1, 0.15) is 5.69 Å². The van der Waals surface area contributed by atoms with Gasteiger partial charge >= 0.3 is 0 Å². The van der Waals surface area contributed by atoms with Gasteiger partial charge in [0.25, 0.3) is 5.91 Å². The maximum Gasteiger partial charge on any atom is 0.254 e. The quantitative estimate of drug-likeness (QED) is 0.844. The summed E-state index contributed by atoms with van der Waals surface area (Å²) in [6.07, 6.45) is 6.90. The van der Waals surface area contributed by atoms with Crippen molar-refractivity contribution in [3.63, 3.8) is 0 Å². The van der Waals surface area contributed by atoms with Crippen molar-refractivity contribution in [3.05, 3.63) is 42.4 Å². The standard InChI is InChI=1S/C18H23N5O/c1-3-23(4-2)13-18(8-9-18)22-17(24)14-11-20-16(21-12-14)15-7-5-6-10-19-15/h5-7,10-12H,3-4,8-9,13H2,1-2H3,(H,22,24). The summed E-state index contributed by atoms with van der Waals surface area (Å²) in [7, 11) is 0. The summed E-state index contributed by atoms with van der Waals surface area (Å²) < 4.78 is 0. The number of carbonyl (C=O) groups is 1. The number of amides is 1. The molecule has 2 aromatic rings. The number of carbonyl (C=O) groups excluding carboxylic acids is 1. The van der Waals surface area contributed by atoms with Gasteiger partial charge in [0.15, 0.2) is 5.82 Å². The van der Waals surface area contributed by atoms with E-state index in [-0.39, 0.29) is 11.4 Å². The van der Waals surface area contributed by atoms with Gasteiger partial charge in [0, 0.05) is 25.1 Å². The average molecular weight is 325 g/mol. The maximum absolute atomic E-state index is 12.5. The van der Waals surface area contributed by atoms with Gasteiger partial charge in [-0.15, -0.1) is 0 Å². The molecule has 0 unspecified atom stereocenters. The van der Waals surface area contributed by atoms with Gasteiger partial charge in [-0.1, -0.05) is 19.9 Å². The molecule has 2 aromatic heterocycles. The van der Waals surface area contributed by atoms with Crippen LogP contribution in [0.3, 0.4) is 0 Å². The summed E-state index contributed by atoms with van der Waals surface area (Å²) in [6.45, 7) is 7.18. The first-order valence-corrected chi connectivity index (χ1v) is 8.44. The van der Waals surface area contributed by atoms with Crippen molar-refractivity contribution in [2.24, 2.45) is 0 Å². The molecule has 0 aliphatic heterocycles. The molecule has 6 heteroatoms. The summed E-state index contributed by atoms with van der Waals surface area (Å²) in [4.78, 5) is 27.6. The van der Waals surface area contributed by atoms with E-state index in [9.17, 15) is 4.79 Å². The average Bonchev–Trinajstić information content (AvgIpc) is 3.40. The van der Waals surface area contributed by atoms with Gasteiger partial charge in [-0.05, 0) is 38.1 Å². The number of rotatable bonds is 7. The van der Waals surface area contributed by atoms with Crippen LogP contribution in [-0.2, 0) is 0 Å². The van der Waals surface area contributed by atoms with Gasteiger partial charge in [-0.25, -0.2) is 9.97 Å². The third-order valence-electron chi connectivity index (χ3n) is 4.46. The van der Waals surface area contributed by atoms with E-state index in [0.717, 1.165) is 32.5 Å². The second kappa shape index (κ2) is 7.05. The van der Waals surface area contributed by atoms with Crippen LogP contribution >= 0.6 is 0 Å². The van der Waals surface area contributed by atoms with E-state index in [4.69, 9.17) is 0 Å². The molecule has 1 saturated carbocycles. The number of nitrogens with zero attached hydrogens (tertiary/aromatic N) is 4. The largest absolute Gasteiger partial charge is 0.345 e. The van der Waals surface area contributed by atoms with Crippen LogP contribution < -0.4 is 5.32 Å². The fourth-order valence-electron chi connectivity index (χ4n) is 2.73. The monoisotopic (exact) mass is 325 g/mol. The zero-order chi connectivity index (χ0) is 17.0. The molecular formula is C18H23N5O. The molecule has 0 radical (unpaired) electrons. The Morgan fingerprint density at radius 1 is 1.17 bits per heavy atom. The first kappa shape index (κ1) is 16.5. The predicted molar refractivity (Wildman–Crippen MR) is 92.5 cm³/mol. The van der Waals surface area contributed by atoms with Crippen LogP contribution in [0.4, 0.5) is 0 Å². The molecule has 0 bridgehead atoms. The second-order valence-electron chi connectivity index (χ2n) is 6.21. The van der Waals surface area contributed by atoms with Crippen LogP contribution in [-0.4, -0.2) is 50.9 Å². The van der Waals surface area contributed by atoms with E-state index in [1.807, 2.05) is 18.2 Å². The molecule has 3 rings (SSSR count). The predicted octanol–water partition coefficient (Wildman–Crippen LogP) is 2.14. The number of hydrogen-bond acceptors (Lipinski definition) is 5. The third kappa shape index (κ3) is 3.76. The van der Waals surface area contributed by atoms with Crippen LogP contribution in [0, 0.1) is 0 Å². The molecule has 1 N–H and O–H groups in total. The Kier molecular flexibility index (Phi) is 4.85. The molecule has 0 saturated heterocycles. The fraction of sp³-hybridized carbons (Fsp3) is 0.444. The molecule has 6 nitrogen and oxygen atoms in total. The highest BCUT2D eigenvalue weighted by Crippen LogP contribution is 2.36. The second-order valence-corrected chi connectivity index (χ2v) is 6.21. The van der Waals surface area contributed by atoms with E-state index in [1.165, 1.54) is 0 Å². The first-order valence-electron chi connectivity index (χ1n) is 8.44. The molecule has 0 spiro atoms. The van der Waals surface area contributed by atoms with Crippen LogP contribution in [0.25, 0.3) is 11.5 Å². The highest BCUT2D eigenvalue weighted by atomic mass is 16.1. The van der Waals surface area contributed by atoms with Crippen LogP contribution in [0.5, 0.6) is 0 Å². The Balaban J connectivity index is 1.65.